The number of hydrogen-bond acceptors (Lipinski definition) is 5. The molecular weight excluding hydrogens is 484 g/mol. The number of carbonyl (C=O) groups excluding carboxylic acids is 3. The first-order chi connectivity index (χ1) is 16.3. The van der Waals surface area contributed by atoms with Crippen LogP contribution in [0.25, 0.3) is 0 Å². The molecule has 1 heterocycles. The molecule has 0 bridgehead atoms. The molecule has 0 atom stereocenters. The van der Waals surface area contributed by atoms with Crippen molar-refractivity contribution in [1.82, 2.24) is 0 Å². The van der Waals surface area contributed by atoms with Crippen LogP contribution in [-0.4, -0.2) is 24.8 Å². The lowest BCUT2D eigenvalue weighted by Crippen LogP contribution is -2.32. The number of para-hydroxylation sites is 2. The fraction of sp³-hybridized carbons (Fsp3) is 0.0417. The zero-order chi connectivity index (χ0) is 24.4. The lowest BCUT2D eigenvalue weighted by atomic mass is 10.1. The van der Waals surface area contributed by atoms with Gasteiger partial charge in [-0.25, -0.2) is 9.29 Å². The summed E-state index contributed by atoms with van der Waals surface area (Å²) in [4.78, 5) is 39.1. The van der Waals surface area contributed by atoms with Crippen molar-refractivity contribution in [2.75, 3.05) is 22.6 Å². The van der Waals surface area contributed by atoms with Crippen LogP contribution in [0.2, 0.25) is 5.02 Å². The van der Waals surface area contributed by atoms with Gasteiger partial charge in [-0.05, 0) is 48.5 Å². The quantitative estimate of drug-likeness (QED) is 0.456. The fourth-order valence-corrected chi connectivity index (χ4v) is 3.68. The van der Waals surface area contributed by atoms with Gasteiger partial charge in [0.15, 0.2) is 0 Å². The van der Waals surface area contributed by atoms with Gasteiger partial charge in [-0.1, -0.05) is 41.4 Å². The Hall–Kier alpha value is -3.88. The number of anilines is 3. The van der Waals surface area contributed by atoms with Crippen molar-refractivity contribution < 1.29 is 23.5 Å². The summed E-state index contributed by atoms with van der Waals surface area (Å²) < 4.78 is 18.7. The number of imide groups is 1. The molecule has 3 aromatic carbocycles. The number of amides is 3. The second-order valence-corrected chi connectivity index (χ2v) is 7.88. The Morgan fingerprint density at radius 1 is 0.971 bits per heavy atom. The van der Waals surface area contributed by atoms with E-state index in [2.05, 4.69) is 10.6 Å². The summed E-state index contributed by atoms with van der Waals surface area (Å²) in [6, 6.07) is 16.7. The van der Waals surface area contributed by atoms with Crippen LogP contribution in [0.4, 0.5) is 21.5 Å². The van der Waals surface area contributed by atoms with Gasteiger partial charge in [-0.15, -0.1) is 0 Å². The van der Waals surface area contributed by atoms with Crippen LogP contribution in [-0.2, 0) is 9.59 Å². The molecule has 0 saturated carbocycles. The number of carbonyl (C=O) groups is 3. The molecule has 1 aliphatic heterocycles. The monoisotopic (exact) mass is 499 g/mol. The molecule has 34 heavy (non-hydrogen) atoms. The van der Waals surface area contributed by atoms with Crippen molar-refractivity contribution in [3.63, 3.8) is 0 Å². The third kappa shape index (κ3) is 4.46. The topological polar surface area (TPSA) is 87.7 Å². The van der Waals surface area contributed by atoms with Gasteiger partial charge in [0.2, 0.25) is 0 Å². The minimum Gasteiger partial charge on any atom is -0.495 e. The predicted molar refractivity (Wildman–Crippen MR) is 128 cm³/mol. The highest BCUT2D eigenvalue weighted by molar-refractivity contribution is 6.53. The van der Waals surface area contributed by atoms with E-state index in [-0.39, 0.29) is 27.0 Å². The standard InChI is InChI=1S/C24H16Cl2FN3O4/c1-34-19-8-3-2-7-18(19)29-22(31)13-5-4-6-14(11-13)28-21-20(26)23(32)30(24(21)33)15-9-10-17(27)16(25)12-15/h2-12,28H,1H3,(H,29,31). The summed E-state index contributed by atoms with van der Waals surface area (Å²) in [6.45, 7) is 0. The van der Waals surface area contributed by atoms with Gasteiger partial charge in [-0.2, -0.15) is 0 Å². The van der Waals surface area contributed by atoms with E-state index in [0.717, 1.165) is 17.0 Å². The molecule has 1 aliphatic rings. The Morgan fingerprint density at radius 3 is 2.47 bits per heavy atom. The maximum Gasteiger partial charge on any atom is 0.283 e. The summed E-state index contributed by atoms with van der Waals surface area (Å²) in [5.41, 5.74) is 1.01. The molecule has 3 amide bonds. The lowest BCUT2D eigenvalue weighted by molar-refractivity contribution is -0.120. The second kappa shape index (κ2) is 9.54. The minimum atomic E-state index is -0.790. The first-order valence-electron chi connectivity index (χ1n) is 9.85. The van der Waals surface area contributed by atoms with Crippen molar-refractivity contribution in [1.29, 1.82) is 0 Å². The Kier molecular flexibility index (Phi) is 6.54. The average Bonchev–Trinajstić information content (AvgIpc) is 3.04. The Morgan fingerprint density at radius 2 is 1.74 bits per heavy atom. The van der Waals surface area contributed by atoms with E-state index >= 15 is 0 Å². The Labute approximate surface area is 203 Å². The molecule has 4 rings (SSSR count). The number of benzene rings is 3. The summed E-state index contributed by atoms with van der Waals surface area (Å²) in [7, 11) is 1.50. The molecule has 0 fully saturated rings. The smallest absolute Gasteiger partial charge is 0.283 e. The van der Waals surface area contributed by atoms with Crippen molar-refractivity contribution in [3.05, 3.63) is 93.9 Å². The summed E-state index contributed by atoms with van der Waals surface area (Å²) in [6.07, 6.45) is 0. The normalized spacial score (nSPS) is 13.4. The molecule has 0 saturated heterocycles. The van der Waals surface area contributed by atoms with Crippen LogP contribution in [0.3, 0.4) is 0 Å². The van der Waals surface area contributed by atoms with Crippen LogP contribution < -0.4 is 20.3 Å². The number of nitrogens with zero attached hydrogens (tertiary/aromatic N) is 1. The first-order valence-corrected chi connectivity index (χ1v) is 10.6. The van der Waals surface area contributed by atoms with Gasteiger partial charge in [0, 0.05) is 11.3 Å². The van der Waals surface area contributed by atoms with E-state index in [1.54, 1.807) is 42.5 Å². The van der Waals surface area contributed by atoms with Crippen LogP contribution in [0.5, 0.6) is 5.75 Å². The zero-order valence-electron chi connectivity index (χ0n) is 17.6. The fourth-order valence-electron chi connectivity index (χ4n) is 3.29. The molecular formula is C24H16Cl2FN3O4. The zero-order valence-corrected chi connectivity index (χ0v) is 19.1. The number of ether oxygens (including phenoxy) is 1. The summed E-state index contributed by atoms with van der Waals surface area (Å²) in [5.74, 6) is -2.14. The second-order valence-electron chi connectivity index (χ2n) is 7.09. The summed E-state index contributed by atoms with van der Waals surface area (Å²) in [5, 5.41) is 4.96. The molecule has 0 aromatic heterocycles. The summed E-state index contributed by atoms with van der Waals surface area (Å²) >= 11 is 11.9. The third-order valence-corrected chi connectivity index (χ3v) is 5.58. The molecule has 2 N–H and O–H groups in total. The van der Waals surface area contributed by atoms with Gasteiger partial charge in [0.25, 0.3) is 17.7 Å². The third-order valence-electron chi connectivity index (χ3n) is 4.94. The molecule has 3 aromatic rings. The number of hydrogen-bond donors (Lipinski definition) is 2. The highest BCUT2D eigenvalue weighted by Crippen LogP contribution is 2.32. The van der Waals surface area contributed by atoms with Crippen LogP contribution in [0, 0.1) is 5.82 Å². The van der Waals surface area contributed by atoms with Gasteiger partial charge in [-0.3, -0.25) is 14.4 Å². The minimum absolute atomic E-state index is 0.0706. The highest BCUT2D eigenvalue weighted by Gasteiger charge is 2.39. The van der Waals surface area contributed by atoms with E-state index in [0.29, 0.717) is 17.1 Å². The van der Waals surface area contributed by atoms with Crippen molar-refractivity contribution >= 4 is 58.0 Å². The lowest BCUT2D eigenvalue weighted by Gasteiger charge is -2.15. The van der Waals surface area contributed by atoms with Crippen LogP contribution in [0.15, 0.2) is 77.5 Å². The van der Waals surface area contributed by atoms with Crippen molar-refractivity contribution in [2.45, 2.75) is 0 Å². The van der Waals surface area contributed by atoms with Gasteiger partial charge >= 0.3 is 0 Å². The maximum atomic E-state index is 13.5. The van der Waals surface area contributed by atoms with E-state index < -0.39 is 23.5 Å². The largest absolute Gasteiger partial charge is 0.495 e. The van der Waals surface area contributed by atoms with Crippen LogP contribution in [0.1, 0.15) is 10.4 Å². The van der Waals surface area contributed by atoms with E-state index in [4.69, 9.17) is 27.9 Å². The first kappa shape index (κ1) is 23.3. The van der Waals surface area contributed by atoms with E-state index in [1.807, 2.05) is 0 Å². The number of methoxy groups -OCH3 is 1. The average molecular weight is 500 g/mol. The van der Waals surface area contributed by atoms with Crippen LogP contribution >= 0.6 is 23.2 Å². The molecule has 0 unspecified atom stereocenters. The molecule has 7 nitrogen and oxygen atoms in total. The number of halogens is 3. The van der Waals surface area contributed by atoms with Crippen molar-refractivity contribution in [2.24, 2.45) is 0 Å². The number of rotatable bonds is 6. The molecule has 0 spiro atoms. The van der Waals surface area contributed by atoms with E-state index in [9.17, 15) is 18.8 Å². The van der Waals surface area contributed by atoms with E-state index in [1.165, 1.54) is 19.2 Å². The number of nitrogens with one attached hydrogen (secondary N) is 2. The molecule has 0 aliphatic carbocycles. The van der Waals surface area contributed by atoms with Gasteiger partial charge in [0.1, 0.15) is 22.3 Å². The Balaban J connectivity index is 1.55. The SMILES string of the molecule is COc1ccccc1NC(=O)c1cccc(NC2=C(Cl)C(=O)N(c3ccc(F)c(Cl)c3)C2=O)c1. The highest BCUT2D eigenvalue weighted by atomic mass is 35.5. The van der Waals surface area contributed by atoms with Gasteiger partial charge < -0.3 is 15.4 Å². The molecule has 0 radical (unpaired) electrons. The molecule has 10 heteroatoms. The van der Waals surface area contributed by atoms with Crippen molar-refractivity contribution in [3.8, 4) is 5.75 Å². The molecule has 172 valence electrons. The maximum absolute atomic E-state index is 13.5. The predicted octanol–water partition coefficient (Wildman–Crippen LogP) is 5.18. The van der Waals surface area contributed by atoms with Gasteiger partial charge in [0.05, 0.1) is 23.5 Å². The Bertz CT molecular complexity index is 1360.